The highest BCUT2D eigenvalue weighted by atomic mass is 16.5. The largest absolute Gasteiger partial charge is 0.493 e. The number of nitrogens with one attached hydrogen (secondary N) is 3. The van der Waals surface area contributed by atoms with E-state index in [2.05, 4.69) is 20.7 Å². The number of benzene rings is 1. The standard InChI is InChI=1S/C31H41N3O8/c1-18(31(38)32-15-9-7-8-10-27(37)40-4)33-24-14-12-21-22(17-25(24)36)23(34-19(2)35)13-11-20-16-26(39-3)29(41-5)30(42-6)28(20)21/h12,14,16-18,23H,7-11,13,15H2,1-6H3,(H,32,38)(H,33,36)(H,34,35)/t18-,23-/m0/s1. The van der Waals surface area contributed by atoms with Gasteiger partial charge in [-0.3, -0.25) is 19.2 Å². The first-order valence-electron chi connectivity index (χ1n) is 14.0. The molecule has 11 heteroatoms. The molecule has 0 unspecified atom stereocenters. The molecule has 2 atom stereocenters. The molecule has 0 heterocycles. The number of ether oxygens (including phenoxy) is 4. The van der Waals surface area contributed by atoms with Gasteiger partial charge >= 0.3 is 5.97 Å². The van der Waals surface area contributed by atoms with Crippen molar-refractivity contribution in [1.82, 2.24) is 10.6 Å². The molecule has 1 aliphatic rings. The number of carbonyl (C=O) groups excluding carboxylic acids is 3. The Hall–Kier alpha value is -4.28. The molecule has 2 amide bonds. The van der Waals surface area contributed by atoms with E-state index in [0.29, 0.717) is 60.6 Å². The first kappa shape index (κ1) is 32.2. The first-order valence-corrected chi connectivity index (χ1v) is 14.0. The van der Waals surface area contributed by atoms with Gasteiger partial charge in [-0.05, 0) is 67.5 Å². The Morgan fingerprint density at radius 3 is 2.36 bits per heavy atom. The smallest absolute Gasteiger partial charge is 0.305 e. The van der Waals surface area contributed by atoms with Gasteiger partial charge in [-0.2, -0.15) is 0 Å². The lowest BCUT2D eigenvalue weighted by atomic mass is 9.95. The molecule has 0 saturated heterocycles. The Labute approximate surface area is 246 Å². The summed E-state index contributed by atoms with van der Waals surface area (Å²) >= 11 is 0. The summed E-state index contributed by atoms with van der Waals surface area (Å²) in [7, 11) is 5.99. The fraction of sp³-hybridized carbons (Fsp3) is 0.484. The third-order valence-electron chi connectivity index (χ3n) is 7.27. The monoisotopic (exact) mass is 583 g/mol. The minimum atomic E-state index is -0.688. The zero-order valence-corrected chi connectivity index (χ0v) is 25.2. The first-order chi connectivity index (χ1) is 20.1. The Morgan fingerprint density at radius 1 is 0.976 bits per heavy atom. The van der Waals surface area contributed by atoms with E-state index < -0.39 is 12.1 Å². The topological polar surface area (TPSA) is 141 Å². The molecule has 0 radical (unpaired) electrons. The van der Waals surface area contributed by atoms with Gasteiger partial charge in [-0.25, -0.2) is 0 Å². The molecule has 42 heavy (non-hydrogen) atoms. The van der Waals surface area contributed by atoms with Gasteiger partial charge in [0.25, 0.3) is 0 Å². The SMILES string of the molecule is COC(=O)CCCCCNC(=O)[C@H](C)Nc1ccc2c(cc1=O)[C@@H](NC(C)=O)CCc1cc(OC)c(OC)c(OC)c1-2. The van der Waals surface area contributed by atoms with Crippen LogP contribution in [-0.2, 0) is 25.5 Å². The van der Waals surface area contributed by atoms with Crippen molar-refractivity contribution in [2.45, 2.75) is 64.5 Å². The maximum atomic E-state index is 13.5. The molecule has 3 N–H and O–H groups in total. The van der Waals surface area contributed by atoms with Crippen molar-refractivity contribution in [2.75, 3.05) is 40.3 Å². The van der Waals surface area contributed by atoms with Gasteiger partial charge in [0, 0.05) is 25.5 Å². The number of fused-ring (bicyclic) bond motifs is 3. The molecular formula is C31H41N3O8. The molecule has 0 saturated carbocycles. The zero-order chi connectivity index (χ0) is 30.8. The second-order valence-electron chi connectivity index (χ2n) is 10.1. The zero-order valence-electron chi connectivity index (χ0n) is 25.2. The van der Waals surface area contributed by atoms with Gasteiger partial charge in [0.2, 0.25) is 23.0 Å². The van der Waals surface area contributed by atoms with Crippen LogP contribution in [-0.4, -0.2) is 58.8 Å². The predicted octanol–water partition coefficient (Wildman–Crippen LogP) is 3.51. The fourth-order valence-electron chi connectivity index (χ4n) is 5.16. The average Bonchev–Trinajstić information content (AvgIpc) is 3.21. The molecule has 3 rings (SSSR count). The molecule has 0 fully saturated rings. The number of esters is 1. The molecule has 0 spiro atoms. The molecule has 0 bridgehead atoms. The molecular weight excluding hydrogens is 542 g/mol. The summed E-state index contributed by atoms with van der Waals surface area (Å²) in [5, 5.41) is 8.89. The predicted molar refractivity (Wildman–Crippen MR) is 159 cm³/mol. The number of rotatable bonds is 13. The van der Waals surface area contributed by atoms with Crippen molar-refractivity contribution in [2.24, 2.45) is 0 Å². The molecule has 228 valence electrons. The number of carbonyl (C=O) groups is 3. The van der Waals surface area contributed by atoms with Crippen LogP contribution in [0, 0.1) is 0 Å². The Bertz CT molecular complexity index is 1360. The quantitative estimate of drug-likeness (QED) is 0.239. The van der Waals surface area contributed by atoms with Crippen LogP contribution in [0.25, 0.3) is 11.1 Å². The van der Waals surface area contributed by atoms with Crippen molar-refractivity contribution in [3.63, 3.8) is 0 Å². The Morgan fingerprint density at radius 2 is 1.71 bits per heavy atom. The lowest BCUT2D eigenvalue weighted by Gasteiger charge is -2.19. The minimum Gasteiger partial charge on any atom is -0.493 e. The van der Waals surface area contributed by atoms with Crippen molar-refractivity contribution in [1.29, 1.82) is 0 Å². The normalized spacial score (nSPS) is 14.3. The maximum Gasteiger partial charge on any atom is 0.305 e. The number of hydrogen-bond acceptors (Lipinski definition) is 9. The number of methoxy groups -OCH3 is 4. The van der Waals surface area contributed by atoms with E-state index >= 15 is 0 Å². The number of unbranched alkanes of at least 4 members (excludes halogenated alkanes) is 2. The number of amides is 2. The van der Waals surface area contributed by atoms with E-state index in [4.69, 9.17) is 14.2 Å². The van der Waals surface area contributed by atoms with Crippen LogP contribution >= 0.6 is 0 Å². The summed E-state index contributed by atoms with van der Waals surface area (Å²) in [6.07, 6.45) is 3.67. The van der Waals surface area contributed by atoms with Crippen LogP contribution in [0.3, 0.4) is 0 Å². The maximum absolute atomic E-state index is 13.5. The Balaban J connectivity index is 1.93. The van der Waals surface area contributed by atoms with Crippen LogP contribution in [0.1, 0.15) is 63.1 Å². The second kappa shape index (κ2) is 15.1. The van der Waals surface area contributed by atoms with E-state index in [-0.39, 0.29) is 28.9 Å². The highest BCUT2D eigenvalue weighted by Crippen LogP contribution is 2.50. The van der Waals surface area contributed by atoms with Crippen LogP contribution < -0.4 is 35.6 Å². The van der Waals surface area contributed by atoms with Crippen LogP contribution in [0.4, 0.5) is 5.69 Å². The molecule has 0 aromatic heterocycles. The van der Waals surface area contributed by atoms with Crippen molar-refractivity contribution < 1.29 is 33.3 Å². The van der Waals surface area contributed by atoms with Gasteiger partial charge in [0.05, 0.1) is 40.2 Å². The van der Waals surface area contributed by atoms with E-state index in [1.807, 2.05) is 6.07 Å². The third-order valence-corrected chi connectivity index (χ3v) is 7.27. The molecule has 2 aromatic rings. The van der Waals surface area contributed by atoms with Crippen LogP contribution in [0.5, 0.6) is 17.2 Å². The Kier molecular flexibility index (Phi) is 11.6. The van der Waals surface area contributed by atoms with E-state index in [1.54, 1.807) is 33.3 Å². The van der Waals surface area contributed by atoms with Crippen molar-refractivity contribution in [3.05, 3.63) is 45.6 Å². The third kappa shape index (κ3) is 7.71. The van der Waals surface area contributed by atoms with Gasteiger partial charge < -0.3 is 34.9 Å². The number of anilines is 1. The number of aryl methyl sites for hydroxylation is 1. The van der Waals surface area contributed by atoms with Gasteiger partial charge in [0.1, 0.15) is 6.04 Å². The fourth-order valence-corrected chi connectivity index (χ4v) is 5.16. The lowest BCUT2D eigenvalue weighted by Crippen LogP contribution is -2.38. The van der Waals surface area contributed by atoms with Crippen LogP contribution in [0.2, 0.25) is 0 Å². The molecule has 0 aliphatic heterocycles. The highest BCUT2D eigenvalue weighted by Gasteiger charge is 2.29. The minimum absolute atomic E-state index is 0.216. The summed E-state index contributed by atoms with van der Waals surface area (Å²) in [5.41, 5.74) is 2.93. The number of hydrogen-bond donors (Lipinski definition) is 3. The van der Waals surface area contributed by atoms with Gasteiger partial charge in [-0.15, -0.1) is 0 Å². The average molecular weight is 584 g/mol. The summed E-state index contributed by atoms with van der Waals surface area (Å²) in [6.45, 7) is 3.57. The second-order valence-corrected chi connectivity index (χ2v) is 10.1. The summed E-state index contributed by atoms with van der Waals surface area (Å²) in [5.74, 6) is 0.683. The summed E-state index contributed by atoms with van der Waals surface area (Å²) in [6, 6.07) is 5.73. The van der Waals surface area contributed by atoms with E-state index in [0.717, 1.165) is 24.0 Å². The highest BCUT2D eigenvalue weighted by molar-refractivity contribution is 5.85. The molecule has 1 aliphatic carbocycles. The van der Waals surface area contributed by atoms with Gasteiger partial charge in [0.15, 0.2) is 11.5 Å². The van der Waals surface area contributed by atoms with Crippen molar-refractivity contribution in [3.8, 4) is 28.4 Å². The molecule has 11 nitrogen and oxygen atoms in total. The van der Waals surface area contributed by atoms with E-state index in [9.17, 15) is 19.2 Å². The lowest BCUT2D eigenvalue weighted by molar-refractivity contribution is -0.140. The van der Waals surface area contributed by atoms with Crippen LogP contribution in [0.15, 0.2) is 29.1 Å². The molecule has 2 aromatic carbocycles. The summed E-state index contributed by atoms with van der Waals surface area (Å²) in [4.78, 5) is 49.6. The van der Waals surface area contributed by atoms with E-state index in [1.165, 1.54) is 27.2 Å². The summed E-state index contributed by atoms with van der Waals surface area (Å²) < 4.78 is 21.6. The van der Waals surface area contributed by atoms with Crippen molar-refractivity contribution >= 4 is 23.5 Å². The van der Waals surface area contributed by atoms with Gasteiger partial charge in [-0.1, -0.05) is 12.5 Å².